The first-order valence-corrected chi connectivity index (χ1v) is 11.8. The first-order chi connectivity index (χ1) is 18.7. The molecule has 11 nitrogen and oxygen atoms in total. The summed E-state index contributed by atoms with van der Waals surface area (Å²) >= 11 is 0. The second-order valence-electron chi connectivity index (χ2n) is 9.18. The fourth-order valence-electron chi connectivity index (χ4n) is 4.92. The summed E-state index contributed by atoms with van der Waals surface area (Å²) in [5, 5.41) is 4.49. The van der Waals surface area contributed by atoms with E-state index < -0.39 is 59.5 Å². The van der Waals surface area contributed by atoms with Crippen molar-refractivity contribution in [1.29, 1.82) is 0 Å². The second kappa shape index (κ2) is 8.65. The van der Waals surface area contributed by atoms with Crippen LogP contribution in [0.25, 0.3) is 0 Å². The van der Waals surface area contributed by atoms with Crippen LogP contribution < -0.4 is 10.6 Å². The third kappa shape index (κ3) is 3.68. The monoisotopic (exact) mass is 529 g/mol. The number of imide groups is 2. The summed E-state index contributed by atoms with van der Waals surface area (Å²) in [6.45, 7) is -0.425. The van der Waals surface area contributed by atoms with Crippen molar-refractivity contribution in [3.05, 3.63) is 93.2 Å². The first-order valence-electron chi connectivity index (χ1n) is 11.8. The number of nitrogens with one attached hydrogen (secondary N) is 2. The SMILES string of the molecule is O=C1CCC(N2C(=O)c3cc(F)c(CNC(=O)c4cc5c(o4)C(=O)c4ccccc4C5=O)cc3C2=O)C(=O)N1. The average Bonchev–Trinajstić information content (AvgIpc) is 3.46. The van der Waals surface area contributed by atoms with Crippen LogP contribution in [0.5, 0.6) is 0 Å². The molecule has 0 spiro atoms. The van der Waals surface area contributed by atoms with Crippen molar-refractivity contribution in [1.82, 2.24) is 15.5 Å². The number of halogens is 1. The van der Waals surface area contributed by atoms with Crippen molar-refractivity contribution >= 4 is 41.1 Å². The Labute approximate surface area is 217 Å². The van der Waals surface area contributed by atoms with Crippen LogP contribution in [0.3, 0.4) is 0 Å². The summed E-state index contributed by atoms with van der Waals surface area (Å²) in [6, 6.07) is 8.06. The Hall–Kier alpha value is -5.26. The third-order valence-corrected chi connectivity index (χ3v) is 6.87. The van der Waals surface area contributed by atoms with Gasteiger partial charge in [-0.3, -0.25) is 43.8 Å². The number of benzene rings is 2. The van der Waals surface area contributed by atoms with Gasteiger partial charge in [0.2, 0.25) is 17.6 Å². The maximum Gasteiger partial charge on any atom is 0.287 e. The smallest absolute Gasteiger partial charge is 0.287 e. The predicted molar refractivity (Wildman–Crippen MR) is 126 cm³/mol. The molecule has 1 atom stereocenters. The zero-order valence-corrected chi connectivity index (χ0v) is 19.8. The first kappa shape index (κ1) is 24.1. The van der Waals surface area contributed by atoms with Crippen molar-refractivity contribution in [2.75, 3.05) is 0 Å². The molecule has 39 heavy (non-hydrogen) atoms. The van der Waals surface area contributed by atoms with Gasteiger partial charge in [0.15, 0.2) is 17.3 Å². The molecule has 5 amide bonds. The lowest BCUT2D eigenvalue weighted by Crippen LogP contribution is -2.54. The number of ketones is 2. The Morgan fingerprint density at radius 2 is 1.59 bits per heavy atom. The normalized spacial score (nSPS) is 18.1. The average molecular weight is 529 g/mol. The fraction of sp³-hybridized carbons (Fsp3) is 0.148. The molecule has 0 saturated carbocycles. The van der Waals surface area contributed by atoms with Gasteiger partial charge in [0, 0.05) is 35.7 Å². The number of carbonyl (C=O) groups excluding carboxylic acids is 7. The lowest BCUT2D eigenvalue weighted by Gasteiger charge is -2.27. The van der Waals surface area contributed by atoms with E-state index in [0.29, 0.717) is 4.90 Å². The minimum atomic E-state index is -1.21. The molecule has 6 rings (SSSR count). The van der Waals surface area contributed by atoms with Crippen molar-refractivity contribution < 1.29 is 42.4 Å². The molecule has 1 aliphatic carbocycles. The van der Waals surface area contributed by atoms with E-state index in [9.17, 15) is 38.0 Å². The maximum atomic E-state index is 14.9. The molecule has 1 unspecified atom stereocenters. The Morgan fingerprint density at radius 3 is 2.28 bits per heavy atom. The summed E-state index contributed by atoms with van der Waals surface area (Å²) in [7, 11) is 0. The number of carbonyl (C=O) groups is 7. The fourth-order valence-corrected chi connectivity index (χ4v) is 4.92. The number of amides is 5. The standard InChI is InChI=1S/C27H16FN3O8/c28-17-8-15-14(26(37)31(27(15)38)18-5-6-20(32)30-24(18)35)7-11(17)10-29-25(36)19-9-16-21(33)12-3-1-2-4-13(12)22(34)23(16)39-19/h1-4,7-9,18H,5-6,10H2,(H,29,36)(H,30,32,35). The molecular formula is C27H16FN3O8. The Balaban J connectivity index is 1.21. The topological polar surface area (TPSA) is 160 Å². The predicted octanol–water partition coefficient (Wildman–Crippen LogP) is 1.53. The van der Waals surface area contributed by atoms with Crippen LogP contribution in [-0.2, 0) is 16.1 Å². The van der Waals surface area contributed by atoms with Gasteiger partial charge in [-0.1, -0.05) is 24.3 Å². The van der Waals surface area contributed by atoms with Gasteiger partial charge in [-0.25, -0.2) is 4.39 Å². The van der Waals surface area contributed by atoms with E-state index in [1.165, 1.54) is 12.1 Å². The van der Waals surface area contributed by atoms with Gasteiger partial charge in [-0.15, -0.1) is 0 Å². The van der Waals surface area contributed by atoms with E-state index >= 15 is 0 Å². The van der Waals surface area contributed by atoms with Gasteiger partial charge < -0.3 is 9.73 Å². The summed E-state index contributed by atoms with van der Waals surface area (Å²) in [5.74, 6) is -6.38. The van der Waals surface area contributed by atoms with Crippen molar-refractivity contribution in [3.8, 4) is 0 Å². The number of rotatable bonds is 4. The largest absolute Gasteiger partial charge is 0.447 e. The molecule has 2 aliphatic heterocycles. The highest BCUT2D eigenvalue weighted by Crippen LogP contribution is 2.31. The lowest BCUT2D eigenvalue weighted by atomic mass is 9.89. The summed E-state index contributed by atoms with van der Waals surface area (Å²) in [4.78, 5) is 88.4. The molecule has 3 aromatic rings. The Kier molecular flexibility index (Phi) is 5.35. The summed E-state index contributed by atoms with van der Waals surface area (Å²) in [6.07, 6.45) is -0.111. The van der Waals surface area contributed by atoms with Gasteiger partial charge in [0.05, 0.1) is 16.7 Å². The summed E-state index contributed by atoms with van der Waals surface area (Å²) < 4.78 is 20.3. The van der Waals surface area contributed by atoms with E-state index in [2.05, 4.69) is 10.6 Å². The highest BCUT2D eigenvalue weighted by atomic mass is 19.1. The molecule has 0 bridgehead atoms. The molecule has 1 saturated heterocycles. The Morgan fingerprint density at radius 1 is 0.923 bits per heavy atom. The highest BCUT2D eigenvalue weighted by Gasteiger charge is 2.45. The second-order valence-corrected chi connectivity index (χ2v) is 9.18. The van der Waals surface area contributed by atoms with Crippen molar-refractivity contribution in [2.24, 2.45) is 0 Å². The van der Waals surface area contributed by atoms with Crippen LogP contribution in [0.4, 0.5) is 4.39 Å². The third-order valence-electron chi connectivity index (χ3n) is 6.87. The molecule has 0 radical (unpaired) electrons. The van der Waals surface area contributed by atoms with Crippen LogP contribution in [0.2, 0.25) is 0 Å². The maximum absolute atomic E-state index is 14.9. The number of hydrogen-bond acceptors (Lipinski definition) is 8. The van der Waals surface area contributed by atoms with Crippen molar-refractivity contribution in [3.63, 3.8) is 0 Å². The molecule has 12 heteroatoms. The summed E-state index contributed by atoms with van der Waals surface area (Å²) in [5.41, 5.74) is -0.254. The van der Waals surface area contributed by atoms with Crippen LogP contribution in [0.15, 0.2) is 46.9 Å². The zero-order valence-electron chi connectivity index (χ0n) is 19.8. The zero-order chi connectivity index (χ0) is 27.6. The number of fused-ring (bicyclic) bond motifs is 3. The minimum Gasteiger partial charge on any atom is -0.447 e. The number of nitrogens with zero attached hydrogens (tertiary/aromatic N) is 1. The van der Waals surface area contributed by atoms with E-state index in [1.54, 1.807) is 12.1 Å². The van der Waals surface area contributed by atoms with Gasteiger partial charge in [-0.2, -0.15) is 0 Å². The number of furan rings is 1. The van der Waals surface area contributed by atoms with Gasteiger partial charge in [0.1, 0.15) is 11.9 Å². The Bertz CT molecular complexity index is 1650. The van der Waals surface area contributed by atoms with Crippen LogP contribution in [0, 0.1) is 5.82 Å². The van der Waals surface area contributed by atoms with Crippen LogP contribution in [-0.4, -0.2) is 52.0 Å². The molecular weight excluding hydrogens is 513 g/mol. The number of piperidine rings is 1. The van der Waals surface area contributed by atoms with E-state index in [0.717, 1.165) is 18.2 Å². The van der Waals surface area contributed by atoms with Crippen LogP contribution in [0.1, 0.15) is 81.7 Å². The molecule has 3 heterocycles. The molecule has 2 N–H and O–H groups in total. The lowest BCUT2D eigenvalue weighted by molar-refractivity contribution is -0.136. The molecule has 1 aromatic heterocycles. The molecule has 3 aliphatic rings. The molecule has 2 aromatic carbocycles. The quantitative estimate of drug-likeness (QED) is 0.377. The molecule has 194 valence electrons. The van der Waals surface area contributed by atoms with E-state index in [1.807, 2.05) is 0 Å². The van der Waals surface area contributed by atoms with Gasteiger partial charge >= 0.3 is 0 Å². The van der Waals surface area contributed by atoms with Crippen molar-refractivity contribution in [2.45, 2.75) is 25.4 Å². The minimum absolute atomic E-state index is 0.0509. The van der Waals surface area contributed by atoms with E-state index in [-0.39, 0.29) is 57.7 Å². The van der Waals surface area contributed by atoms with Crippen LogP contribution >= 0.6 is 0 Å². The molecule has 1 fully saturated rings. The number of hydrogen-bond donors (Lipinski definition) is 2. The highest BCUT2D eigenvalue weighted by molar-refractivity contribution is 6.28. The van der Waals surface area contributed by atoms with Gasteiger partial charge in [-0.05, 0) is 18.6 Å². The van der Waals surface area contributed by atoms with Gasteiger partial charge in [0.25, 0.3) is 17.7 Å². The van der Waals surface area contributed by atoms with E-state index in [4.69, 9.17) is 4.42 Å².